The Labute approximate surface area is 146 Å². The van der Waals surface area contributed by atoms with Crippen molar-refractivity contribution in [3.05, 3.63) is 41.5 Å². The van der Waals surface area contributed by atoms with Gasteiger partial charge in [0.2, 0.25) is 5.91 Å². The van der Waals surface area contributed by atoms with Gasteiger partial charge in [0.1, 0.15) is 5.82 Å². The van der Waals surface area contributed by atoms with Gasteiger partial charge in [0.15, 0.2) is 5.82 Å². The first-order valence-corrected chi connectivity index (χ1v) is 8.54. The quantitative estimate of drug-likeness (QED) is 0.889. The fraction of sp³-hybridized carbons (Fsp3) is 0.529. The average Bonchev–Trinajstić information content (AvgIpc) is 3.07. The molecule has 0 radical (unpaired) electrons. The standard InChI is InChI=1S/C17H23FN6O/c1-11(2)24-17(20-21-22-24)15(12-3-5-14(18)6-4-12)23-9-7-13(8-10-23)16(19)25/h3-6,11,13,15H,7-10H2,1-2H3,(H2,19,25). The molecule has 2 aromatic rings. The number of aromatic nitrogens is 4. The lowest BCUT2D eigenvalue weighted by molar-refractivity contribution is -0.123. The van der Waals surface area contributed by atoms with Crippen molar-refractivity contribution in [1.29, 1.82) is 0 Å². The minimum atomic E-state index is -0.279. The predicted octanol–water partition coefficient (Wildman–Crippen LogP) is 1.68. The summed E-state index contributed by atoms with van der Waals surface area (Å²) in [7, 11) is 0. The fourth-order valence-electron chi connectivity index (χ4n) is 3.36. The minimum Gasteiger partial charge on any atom is -0.369 e. The highest BCUT2D eigenvalue weighted by Crippen LogP contribution is 2.32. The van der Waals surface area contributed by atoms with E-state index in [0.29, 0.717) is 25.9 Å². The van der Waals surface area contributed by atoms with Gasteiger partial charge in [-0.2, -0.15) is 0 Å². The number of nitrogens with zero attached hydrogens (tertiary/aromatic N) is 5. The molecule has 8 heteroatoms. The van der Waals surface area contributed by atoms with Crippen molar-refractivity contribution >= 4 is 5.91 Å². The molecule has 0 aliphatic carbocycles. The van der Waals surface area contributed by atoms with E-state index >= 15 is 0 Å². The first kappa shape index (κ1) is 17.5. The largest absolute Gasteiger partial charge is 0.369 e. The Morgan fingerprint density at radius 2 is 1.88 bits per heavy atom. The third-order valence-corrected chi connectivity index (χ3v) is 4.73. The SMILES string of the molecule is CC(C)n1nnnc1C(c1ccc(F)cc1)N1CCC(C(N)=O)CC1. The number of nitrogens with two attached hydrogens (primary N) is 1. The van der Waals surface area contributed by atoms with Crippen LogP contribution in [0, 0.1) is 11.7 Å². The maximum atomic E-state index is 13.4. The van der Waals surface area contributed by atoms with Gasteiger partial charge in [-0.25, -0.2) is 9.07 Å². The van der Waals surface area contributed by atoms with Gasteiger partial charge in [0.05, 0.1) is 12.1 Å². The summed E-state index contributed by atoms with van der Waals surface area (Å²) in [6.07, 6.45) is 1.41. The van der Waals surface area contributed by atoms with Crippen LogP contribution in [0.15, 0.2) is 24.3 Å². The summed E-state index contributed by atoms with van der Waals surface area (Å²) in [5.41, 5.74) is 6.37. The lowest BCUT2D eigenvalue weighted by Crippen LogP contribution is -2.41. The van der Waals surface area contributed by atoms with Crippen molar-refractivity contribution in [1.82, 2.24) is 25.1 Å². The van der Waals surface area contributed by atoms with Gasteiger partial charge in [0.25, 0.3) is 0 Å². The van der Waals surface area contributed by atoms with Gasteiger partial charge in [-0.15, -0.1) is 5.10 Å². The molecule has 7 nitrogen and oxygen atoms in total. The molecular weight excluding hydrogens is 323 g/mol. The number of rotatable bonds is 5. The Balaban J connectivity index is 1.94. The Kier molecular flexibility index (Phi) is 5.08. The zero-order chi connectivity index (χ0) is 18.0. The third kappa shape index (κ3) is 3.68. The van der Waals surface area contributed by atoms with Crippen molar-refractivity contribution in [3.8, 4) is 0 Å². The molecule has 2 N–H and O–H groups in total. The molecule has 1 aliphatic rings. The van der Waals surface area contributed by atoms with Gasteiger partial charge in [-0.1, -0.05) is 12.1 Å². The van der Waals surface area contributed by atoms with Gasteiger partial charge >= 0.3 is 0 Å². The second-order valence-corrected chi connectivity index (χ2v) is 6.74. The maximum absolute atomic E-state index is 13.4. The zero-order valence-electron chi connectivity index (χ0n) is 14.5. The van der Waals surface area contributed by atoms with E-state index in [0.717, 1.165) is 11.4 Å². The van der Waals surface area contributed by atoms with Gasteiger partial charge in [-0.05, 0) is 67.9 Å². The zero-order valence-corrected chi connectivity index (χ0v) is 14.5. The smallest absolute Gasteiger partial charge is 0.220 e. The van der Waals surface area contributed by atoms with Crippen LogP contribution in [0.25, 0.3) is 0 Å². The van der Waals surface area contributed by atoms with Crippen LogP contribution in [0.2, 0.25) is 0 Å². The molecular formula is C17H23FN6O. The predicted molar refractivity (Wildman–Crippen MR) is 89.9 cm³/mol. The number of piperidine rings is 1. The van der Waals surface area contributed by atoms with Gasteiger partial charge in [0, 0.05) is 5.92 Å². The highest BCUT2D eigenvalue weighted by molar-refractivity contribution is 5.76. The molecule has 1 aromatic carbocycles. The van der Waals surface area contributed by atoms with Crippen LogP contribution < -0.4 is 5.73 Å². The van der Waals surface area contributed by atoms with E-state index in [1.165, 1.54) is 12.1 Å². The molecule has 1 amide bonds. The average molecular weight is 346 g/mol. The van der Waals surface area contributed by atoms with Crippen LogP contribution >= 0.6 is 0 Å². The Morgan fingerprint density at radius 3 is 2.44 bits per heavy atom. The van der Waals surface area contributed by atoms with Crippen LogP contribution in [0.3, 0.4) is 0 Å². The number of likely N-dealkylation sites (tertiary alicyclic amines) is 1. The Bertz CT molecular complexity index is 721. The molecule has 2 heterocycles. The lowest BCUT2D eigenvalue weighted by Gasteiger charge is -2.36. The van der Waals surface area contributed by atoms with Crippen molar-refractivity contribution in [2.45, 2.75) is 38.8 Å². The van der Waals surface area contributed by atoms with E-state index in [9.17, 15) is 9.18 Å². The van der Waals surface area contributed by atoms with E-state index in [-0.39, 0.29) is 29.7 Å². The topological polar surface area (TPSA) is 89.9 Å². The van der Waals surface area contributed by atoms with E-state index in [1.807, 2.05) is 13.8 Å². The van der Waals surface area contributed by atoms with Crippen LogP contribution in [-0.2, 0) is 4.79 Å². The van der Waals surface area contributed by atoms with E-state index in [1.54, 1.807) is 16.8 Å². The summed E-state index contributed by atoms with van der Waals surface area (Å²) in [6, 6.07) is 6.34. The number of primary amides is 1. The van der Waals surface area contributed by atoms with Crippen molar-refractivity contribution < 1.29 is 9.18 Å². The molecule has 1 atom stereocenters. The third-order valence-electron chi connectivity index (χ3n) is 4.73. The number of tetrazole rings is 1. The van der Waals surface area contributed by atoms with Crippen LogP contribution in [0.4, 0.5) is 4.39 Å². The minimum absolute atomic E-state index is 0.0915. The van der Waals surface area contributed by atoms with E-state index in [2.05, 4.69) is 20.4 Å². The molecule has 1 unspecified atom stereocenters. The molecule has 0 saturated carbocycles. The molecule has 3 rings (SSSR count). The summed E-state index contributed by atoms with van der Waals surface area (Å²) in [5, 5.41) is 12.2. The first-order chi connectivity index (χ1) is 12.0. The van der Waals surface area contributed by atoms with Crippen molar-refractivity contribution in [2.75, 3.05) is 13.1 Å². The number of halogens is 1. The number of carbonyl (C=O) groups is 1. The van der Waals surface area contributed by atoms with Crippen molar-refractivity contribution in [2.24, 2.45) is 11.7 Å². The molecule has 25 heavy (non-hydrogen) atoms. The number of amides is 1. The lowest BCUT2D eigenvalue weighted by atomic mass is 9.93. The molecule has 134 valence electrons. The summed E-state index contributed by atoms with van der Waals surface area (Å²) in [4.78, 5) is 13.7. The molecule has 1 saturated heterocycles. The van der Waals surface area contributed by atoms with Gasteiger partial charge in [-0.3, -0.25) is 9.69 Å². The van der Waals surface area contributed by atoms with Crippen LogP contribution in [0.5, 0.6) is 0 Å². The van der Waals surface area contributed by atoms with E-state index < -0.39 is 0 Å². The highest BCUT2D eigenvalue weighted by Gasteiger charge is 2.32. The number of carbonyl (C=O) groups excluding carboxylic acids is 1. The monoisotopic (exact) mass is 346 g/mol. The summed E-state index contributed by atoms with van der Waals surface area (Å²) < 4.78 is 15.2. The van der Waals surface area contributed by atoms with Crippen molar-refractivity contribution in [3.63, 3.8) is 0 Å². The molecule has 1 aliphatic heterocycles. The normalized spacial score (nSPS) is 17.8. The van der Waals surface area contributed by atoms with E-state index in [4.69, 9.17) is 5.73 Å². The molecule has 1 aromatic heterocycles. The van der Waals surface area contributed by atoms with Gasteiger partial charge < -0.3 is 5.73 Å². The second kappa shape index (κ2) is 7.26. The Hall–Kier alpha value is -2.35. The molecule has 0 bridgehead atoms. The van der Waals surface area contributed by atoms with Crippen LogP contribution in [-0.4, -0.2) is 44.1 Å². The number of hydrogen-bond donors (Lipinski definition) is 1. The highest BCUT2D eigenvalue weighted by atomic mass is 19.1. The second-order valence-electron chi connectivity index (χ2n) is 6.74. The molecule has 1 fully saturated rings. The fourth-order valence-corrected chi connectivity index (χ4v) is 3.36. The number of hydrogen-bond acceptors (Lipinski definition) is 5. The molecule has 0 spiro atoms. The van der Waals surface area contributed by atoms with Crippen LogP contribution in [0.1, 0.15) is 50.2 Å². The summed E-state index contributed by atoms with van der Waals surface area (Å²) >= 11 is 0. The maximum Gasteiger partial charge on any atom is 0.220 e. The number of benzene rings is 1. The Morgan fingerprint density at radius 1 is 1.24 bits per heavy atom. The first-order valence-electron chi connectivity index (χ1n) is 8.54. The summed E-state index contributed by atoms with van der Waals surface area (Å²) in [6.45, 7) is 5.45. The summed E-state index contributed by atoms with van der Waals surface area (Å²) in [5.74, 6) is 0.105.